The first kappa shape index (κ1) is 13.7. The number of benzene rings is 2. The molecule has 0 spiro atoms. The Labute approximate surface area is 128 Å². The van der Waals surface area contributed by atoms with Gasteiger partial charge in [-0.25, -0.2) is 0 Å². The molecule has 3 rings (SSSR count). The van der Waals surface area contributed by atoms with E-state index in [1.807, 2.05) is 18.2 Å². The largest absolute Gasteiger partial charge is 0.493 e. The zero-order valence-corrected chi connectivity index (χ0v) is 12.8. The van der Waals surface area contributed by atoms with Crippen molar-refractivity contribution in [2.24, 2.45) is 5.73 Å². The number of nitrogens with two attached hydrogens (primary N) is 1. The van der Waals surface area contributed by atoms with Gasteiger partial charge < -0.3 is 10.5 Å². The lowest BCUT2D eigenvalue weighted by Crippen LogP contribution is -2.26. The van der Waals surface area contributed by atoms with Crippen molar-refractivity contribution in [3.05, 3.63) is 64.1 Å². The highest BCUT2D eigenvalue weighted by molar-refractivity contribution is 9.10. The predicted molar refractivity (Wildman–Crippen MR) is 85.1 cm³/mol. The maximum Gasteiger partial charge on any atom is 0.122 e. The zero-order chi connectivity index (χ0) is 13.9. The average molecular weight is 332 g/mol. The van der Waals surface area contributed by atoms with Crippen molar-refractivity contribution in [3.63, 3.8) is 0 Å². The fraction of sp³-hybridized carbons (Fsp3) is 0.294. The smallest absolute Gasteiger partial charge is 0.122 e. The van der Waals surface area contributed by atoms with Crippen molar-refractivity contribution in [2.45, 2.75) is 24.8 Å². The molecule has 0 bridgehead atoms. The molecule has 0 fully saturated rings. The molecule has 0 amide bonds. The highest BCUT2D eigenvalue weighted by Gasteiger charge is 2.25. The standard InChI is InChI=1S/C17H18BrNO/c18-16-7-3-1-5-12(16)9-14(19)10-13-11-20-17-8-4-2-6-15(13)17/h1-8,13-14H,9-11,19H2. The Morgan fingerprint density at radius 1 is 1.15 bits per heavy atom. The maximum atomic E-state index is 6.34. The van der Waals surface area contributed by atoms with Crippen LogP contribution in [0.3, 0.4) is 0 Å². The molecule has 2 nitrogen and oxygen atoms in total. The summed E-state index contributed by atoms with van der Waals surface area (Å²) in [7, 11) is 0. The lowest BCUT2D eigenvalue weighted by molar-refractivity contribution is 0.318. The van der Waals surface area contributed by atoms with Gasteiger partial charge in [-0.05, 0) is 30.5 Å². The van der Waals surface area contributed by atoms with E-state index < -0.39 is 0 Å². The van der Waals surface area contributed by atoms with Gasteiger partial charge in [-0.15, -0.1) is 0 Å². The van der Waals surface area contributed by atoms with Crippen LogP contribution in [0, 0.1) is 0 Å². The molecule has 20 heavy (non-hydrogen) atoms. The first-order chi connectivity index (χ1) is 9.74. The molecule has 2 aromatic carbocycles. The van der Waals surface area contributed by atoms with E-state index in [0.717, 1.165) is 29.7 Å². The summed E-state index contributed by atoms with van der Waals surface area (Å²) in [5, 5.41) is 0. The minimum Gasteiger partial charge on any atom is -0.493 e. The van der Waals surface area contributed by atoms with Crippen LogP contribution in [0.15, 0.2) is 53.0 Å². The summed E-state index contributed by atoms with van der Waals surface area (Å²) >= 11 is 3.58. The quantitative estimate of drug-likeness (QED) is 0.922. The third-order valence-corrected chi connectivity index (χ3v) is 4.60. The van der Waals surface area contributed by atoms with Crippen LogP contribution in [-0.2, 0) is 6.42 Å². The van der Waals surface area contributed by atoms with Crippen molar-refractivity contribution in [1.82, 2.24) is 0 Å². The molecule has 1 heterocycles. The molecule has 3 heteroatoms. The van der Waals surface area contributed by atoms with Gasteiger partial charge in [-0.1, -0.05) is 52.3 Å². The number of halogens is 1. The SMILES string of the molecule is NC(Cc1ccccc1Br)CC1COc2ccccc21. The predicted octanol–water partition coefficient (Wildman–Crippen LogP) is 3.89. The number of ether oxygens (including phenoxy) is 1. The third-order valence-electron chi connectivity index (χ3n) is 3.83. The highest BCUT2D eigenvalue weighted by Crippen LogP contribution is 2.36. The van der Waals surface area contributed by atoms with Crippen LogP contribution in [0.25, 0.3) is 0 Å². The van der Waals surface area contributed by atoms with E-state index in [1.165, 1.54) is 11.1 Å². The van der Waals surface area contributed by atoms with Gasteiger partial charge in [0.2, 0.25) is 0 Å². The lowest BCUT2D eigenvalue weighted by atomic mass is 9.91. The van der Waals surface area contributed by atoms with Crippen LogP contribution >= 0.6 is 15.9 Å². The van der Waals surface area contributed by atoms with Crippen molar-refractivity contribution in [3.8, 4) is 5.75 Å². The summed E-state index contributed by atoms with van der Waals surface area (Å²) in [6.07, 6.45) is 1.85. The second-order valence-electron chi connectivity index (χ2n) is 5.34. The Balaban J connectivity index is 1.66. The van der Waals surface area contributed by atoms with Crippen LogP contribution in [0.4, 0.5) is 0 Å². The first-order valence-electron chi connectivity index (χ1n) is 6.95. The van der Waals surface area contributed by atoms with Crippen LogP contribution in [0.5, 0.6) is 5.75 Å². The van der Waals surface area contributed by atoms with Crippen LogP contribution in [-0.4, -0.2) is 12.6 Å². The molecule has 1 aliphatic heterocycles. The molecule has 0 saturated heterocycles. The number of para-hydroxylation sites is 1. The van der Waals surface area contributed by atoms with E-state index in [9.17, 15) is 0 Å². The Hall–Kier alpha value is -1.32. The summed E-state index contributed by atoms with van der Waals surface area (Å²) < 4.78 is 6.86. The van der Waals surface area contributed by atoms with Gasteiger partial charge in [0.15, 0.2) is 0 Å². The highest BCUT2D eigenvalue weighted by atomic mass is 79.9. The van der Waals surface area contributed by atoms with E-state index >= 15 is 0 Å². The Morgan fingerprint density at radius 2 is 1.90 bits per heavy atom. The molecular weight excluding hydrogens is 314 g/mol. The molecule has 2 aromatic rings. The Morgan fingerprint density at radius 3 is 2.75 bits per heavy atom. The molecule has 0 radical (unpaired) electrons. The van der Waals surface area contributed by atoms with Crippen molar-refractivity contribution < 1.29 is 4.74 Å². The maximum absolute atomic E-state index is 6.34. The fourth-order valence-electron chi connectivity index (χ4n) is 2.82. The first-order valence-corrected chi connectivity index (χ1v) is 7.74. The normalized spacial score (nSPS) is 18.4. The van der Waals surface area contributed by atoms with E-state index in [1.54, 1.807) is 0 Å². The van der Waals surface area contributed by atoms with Gasteiger partial charge in [0.05, 0.1) is 6.61 Å². The Bertz CT molecular complexity index is 599. The minimum absolute atomic E-state index is 0.147. The molecule has 1 aliphatic rings. The van der Waals surface area contributed by atoms with Gasteiger partial charge in [-0.3, -0.25) is 0 Å². The van der Waals surface area contributed by atoms with Crippen LogP contribution < -0.4 is 10.5 Å². The average Bonchev–Trinajstić information content (AvgIpc) is 2.85. The molecule has 0 aromatic heterocycles. The van der Waals surface area contributed by atoms with Gasteiger partial charge in [0.25, 0.3) is 0 Å². The molecule has 0 aliphatic carbocycles. The van der Waals surface area contributed by atoms with E-state index in [2.05, 4.69) is 46.3 Å². The number of hydrogen-bond donors (Lipinski definition) is 1. The summed E-state index contributed by atoms with van der Waals surface area (Å²) in [5.74, 6) is 1.44. The second kappa shape index (κ2) is 5.98. The number of hydrogen-bond acceptors (Lipinski definition) is 2. The third kappa shape index (κ3) is 2.89. The van der Waals surface area contributed by atoms with Crippen LogP contribution in [0.2, 0.25) is 0 Å². The molecule has 2 atom stereocenters. The molecular formula is C17H18BrNO. The van der Waals surface area contributed by atoms with Crippen molar-refractivity contribution in [2.75, 3.05) is 6.61 Å². The summed E-state index contributed by atoms with van der Waals surface area (Å²) in [5.41, 5.74) is 8.91. The fourth-order valence-corrected chi connectivity index (χ4v) is 3.27. The van der Waals surface area contributed by atoms with Crippen molar-refractivity contribution in [1.29, 1.82) is 0 Å². The summed E-state index contributed by atoms with van der Waals surface area (Å²) in [6, 6.07) is 16.7. The number of rotatable bonds is 4. The van der Waals surface area contributed by atoms with Gasteiger partial charge in [0.1, 0.15) is 5.75 Å². The van der Waals surface area contributed by atoms with E-state index in [0.29, 0.717) is 5.92 Å². The van der Waals surface area contributed by atoms with Crippen LogP contribution in [0.1, 0.15) is 23.5 Å². The second-order valence-corrected chi connectivity index (χ2v) is 6.19. The van der Waals surface area contributed by atoms with E-state index in [-0.39, 0.29) is 6.04 Å². The minimum atomic E-state index is 0.147. The van der Waals surface area contributed by atoms with Gasteiger partial charge >= 0.3 is 0 Å². The van der Waals surface area contributed by atoms with E-state index in [4.69, 9.17) is 10.5 Å². The summed E-state index contributed by atoms with van der Waals surface area (Å²) in [6.45, 7) is 0.753. The molecule has 2 N–H and O–H groups in total. The number of fused-ring (bicyclic) bond motifs is 1. The van der Waals surface area contributed by atoms with Gasteiger partial charge in [0, 0.05) is 22.0 Å². The molecule has 0 saturated carbocycles. The molecule has 2 unspecified atom stereocenters. The van der Waals surface area contributed by atoms with Crippen molar-refractivity contribution >= 4 is 15.9 Å². The lowest BCUT2D eigenvalue weighted by Gasteiger charge is -2.16. The molecule has 104 valence electrons. The monoisotopic (exact) mass is 331 g/mol. The zero-order valence-electron chi connectivity index (χ0n) is 11.3. The summed E-state index contributed by atoms with van der Waals surface area (Å²) in [4.78, 5) is 0. The Kier molecular flexibility index (Phi) is 4.08. The van der Waals surface area contributed by atoms with Gasteiger partial charge in [-0.2, -0.15) is 0 Å². The topological polar surface area (TPSA) is 35.2 Å².